The molecule has 0 amide bonds. The Bertz CT molecular complexity index is 106. The maximum absolute atomic E-state index is 5.68. The minimum Gasteiger partial charge on any atom is -0.412 e. The summed E-state index contributed by atoms with van der Waals surface area (Å²) in [4.78, 5) is 0. The number of unbranched alkanes of at least 4 members (excludes halogenated alkanes) is 2. The third kappa shape index (κ3) is 6.22. The van der Waals surface area contributed by atoms with E-state index in [0.29, 0.717) is 0 Å². The second kappa shape index (κ2) is 10.2. The quantitative estimate of drug-likeness (QED) is 0.647. The predicted octanol–water partition coefficient (Wildman–Crippen LogP) is 2.50. The summed E-state index contributed by atoms with van der Waals surface area (Å²) in [6.07, 6.45) is 5.03. The van der Waals surface area contributed by atoms with Crippen LogP contribution >= 0.6 is 0 Å². The van der Waals surface area contributed by atoms with Crippen LogP contribution in [0.3, 0.4) is 0 Å². The molecule has 0 aliphatic rings. The third-order valence-electron chi connectivity index (χ3n) is 2.57. The van der Waals surface area contributed by atoms with Crippen LogP contribution in [0, 0.1) is 0 Å². The Morgan fingerprint density at radius 2 is 1.21 bits per heavy atom. The minimum atomic E-state index is -2.54. The van der Waals surface area contributed by atoms with Gasteiger partial charge in [0.15, 0.2) is 0 Å². The van der Waals surface area contributed by atoms with Crippen LogP contribution in [-0.4, -0.2) is 38.9 Å². The van der Waals surface area contributed by atoms with Crippen molar-refractivity contribution < 1.29 is 11.6 Å². The van der Waals surface area contributed by atoms with Crippen molar-refractivity contribution in [1.29, 1.82) is 0 Å². The molecular formula is C10H26O3Sn. The van der Waals surface area contributed by atoms with Gasteiger partial charge in [0, 0.05) is 0 Å². The van der Waals surface area contributed by atoms with Crippen LogP contribution in [0.15, 0.2) is 0 Å². The summed E-state index contributed by atoms with van der Waals surface area (Å²) in [5, 5.41) is 0. The first kappa shape index (κ1) is 17.1. The normalized spacial score (nSPS) is 11.1. The second-order valence-corrected chi connectivity index (χ2v) is 13.9. The average molecular weight is 313 g/mol. The van der Waals surface area contributed by atoms with E-state index in [2.05, 4.69) is 13.8 Å². The number of hydrogen-bond donors (Lipinski definition) is 0. The van der Waals surface area contributed by atoms with E-state index >= 15 is 0 Å². The Kier molecular flexibility index (Phi) is 12.5. The molecule has 14 heavy (non-hydrogen) atoms. The van der Waals surface area contributed by atoms with Crippen molar-refractivity contribution in [2.45, 2.75) is 48.4 Å². The van der Waals surface area contributed by atoms with Crippen LogP contribution in [0.25, 0.3) is 0 Å². The molecule has 0 aromatic heterocycles. The van der Waals surface area contributed by atoms with E-state index in [-0.39, 0.29) is 5.48 Å². The molecule has 0 aromatic carbocycles. The van der Waals surface area contributed by atoms with Crippen molar-refractivity contribution in [3.05, 3.63) is 0 Å². The zero-order valence-corrected chi connectivity index (χ0v) is 12.9. The smallest absolute Gasteiger partial charge is 0.412 e. The molecule has 0 aromatic rings. The van der Waals surface area contributed by atoms with E-state index in [9.17, 15) is 0 Å². The molecule has 0 rings (SSSR count). The largest absolute Gasteiger partial charge is 0.412 e. The van der Waals surface area contributed by atoms with Crippen molar-refractivity contribution in [1.82, 2.24) is 0 Å². The molecule has 0 spiro atoms. The van der Waals surface area contributed by atoms with Crippen molar-refractivity contribution in [2.24, 2.45) is 0 Å². The fourth-order valence-electron chi connectivity index (χ4n) is 1.51. The van der Waals surface area contributed by atoms with Gasteiger partial charge in [-0.15, -0.1) is 0 Å². The molecule has 0 saturated carbocycles. The Labute approximate surface area is 93.4 Å². The first-order chi connectivity index (χ1) is 6.24. The fourth-order valence-corrected chi connectivity index (χ4v) is 10.1. The summed E-state index contributed by atoms with van der Waals surface area (Å²) in [5.74, 6) is 0. The monoisotopic (exact) mass is 314 g/mol. The molecule has 0 aliphatic heterocycles. The van der Waals surface area contributed by atoms with Gasteiger partial charge in [0.05, 0.1) is 0 Å². The van der Waals surface area contributed by atoms with E-state index in [1.807, 2.05) is 14.2 Å². The van der Waals surface area contributed by atoms with Crippen LogP contribution in [0.1, 0.15) is 39.5 Å². The molecule has 0 saturated heterocycles. The third-order valence-corrected chi connectivity index (χ3v) is 13.2. The average Bonchev–Trinajstić information content (AvgIpc) is 2.20. The molecule has 0 heterocycles. The van der Waals surface area contributed by atoms with Gasteiger partial charge >= 0.3 is 88.0 Å². The molecule has 0 radical (unpaired) electrons. The number of rotatable bonds is 8. The van der Waals surface area contributed by atoms with Gasteiger partial charge < -0.3 is 5.48 Å². The van der Waals surface area contributed by atoms with Crippen LogP contribution in [0.2, 0.25) is 8.87 Å². The summed E-state index contributed by atoms with van der Waals surface area (Å²) in [5.41, 5.74) is 0. The molecule has 3 nitrogen and oxygen atoms in total. The topological polar surface area (TPSA) is 50.0 Å². The van der Waals surface area contributed by atoms with Gasteiger partial charge in [0.1, 0.15) is 0 Å². The van der Waals surface area contributed by atoms with Crippen LogP contribution in [-0.2, 0) is 6.15 Å². The maximum Gasteiger partial charge on any atom is -0.412 e. The first-order valence-corrected chi connectivity index (χ1v) is 11.7. The molecular weight excluding hydrogens is 287 g/mol. The van der Waals surface area contributed by atoms with Crippen molar-refractivity contribution in [2.75, 3.05) is 14.2 Å². The first-order valence-electron chi connectivity index (χ1n) is 5.35. The molecule has 0 atom stereocenters. The van der Waals surface area contributed by atoms with Gasteiger partial charge in [0.25, 0.3) is 0 Å². The van der Waals surface area contributed by atoms with Gasteiger partial charge in [-0.25, -0.2) is 0 Å². The molecule has 0 unspecified atom stereocenters. The van der Waals surface area contributed by atoms with E-state index in [0.717, 1.165) is 0 Å². The molecule has 0 fully saturated rings. The molecule has 0 bridgehead atoms. The Morgan fingerprint density at radius 3 is 1.43 bits per heavy atom. The second-order valence-electron chi connectivity index (χ2n) is 3.53. The summed E-state index contributed by atoms with van der Waals surface area (Å²) >= 11 is -2.54. The molecule has 0 aliphatic carbocycles. The van der Waals surface area contributed by atoms with E-state index in [4.69, 9.17) is 6.15 Å². The standard InChI is InChI=1S/2C4H9.2CH3O.H2O.Sn/c2*1-3-4-2;2*1-2;;/h2*1,3-4H2,2H3;2*1H3;1H2;/q;;2*-1;;+2. The molecule has 88 valence electrons. The van der Waals surface area contributed by atoms with Crippen LogP contribution in [0.5, 0.6) is 0 Å². The predicted molar refractivity (Wildman–Crippen MR) is 62.8 cm³/mol. The van der Waals surface area contributed by atoms with E-state index < -0.39 is 19.2 Å². The zero-order valence-electron chi connectivity index (χ0n) is 10.1. The summed E-state index contributed by atoms with van der Waals surface area (Å²) in [6, 6.07) is 0. The van der Waals surface area contributed by atoms with Gasteiger partial charge in [-0.05, 0) is 0 Å². The van der Waals surface area contributed by atoms with Crippen molar-refractivity contribution >= 4 is 19.2 Å². The summed E-state index contributed by atoms with van der Waals surface area (Å²) < 4.78 is 13.8. The van der Waals surface area contributed by atoms with Gasteiger partial charge in [-0.2, -0.15) is 0 Å². The van der Waals surface area contributed by atoms with Crippen molar-refractivity contribution in [3.8, 4) is 0 Å². The van der Waals surface area contributed by atoms with Crippen molar-refractivity contribution in [3.63, 3.8) is 0 Å². The SMILES string of the molecule is CCC[CH2][Sn]([CH2]CCC)([O]C)[O]C.O. The summed E-state index contributed by atoms with van der Waals surface area (Å²) in [6.45, 7) is 4.45. The summed E-state index contributed by atoms with van der Waals surface area (Å²) in [7, 11) is 3.68. The van der Waals surface area contributed by atoms with Gasteiger partial charge in [0.2, 0.25) is 0 Å². The molecule has 2 N–H and O–H groups in total. The number of hydrogen-bond acceptors (Lipinski definition) is 2. The maximum atomic E-state index is 5.68. The van der Waals surface area contributed by atoms with Crippen LogP contribution in [0.4, 0.5) is 0 Å². The Morgan fingerprint density at radius 1 is 0.857 bits per heavy atom. The van der Waals surface area contributed by atoms with E-state index in [1.54, 1.807) is 0 Å². The Balaban J connectivity index is 0. The van der Waals surface area contributed by atoms with Gasteiger partial charge in [-0.3, -0.25) is 0 Å². The zero-order chi connectivity index (χ0) is 10.2. The molecule has 4 heteroatoms. The fraction of sp³-hybridized carbons (Fsp3) is 1.00. The van der Waals surface area contributed by atoms with Gasteiger partial charge in [-0.1, -0.05) is 0 Å². The minimum absolute atomic E-state index is 0. The van der Waals surface area contributed by atoms with Crippen LogP contribution < -0.4 is 0 Å². The van der Waals surface area contributed by atoms with E-state index in [1.165, 1.54) is 34.6 Å². The Hall–Kier alpha value is 0.679.